The van der Waals surface area contributed by atoms with Gasteiger partial charge in [0.05, 0.1) is 3.79 Å². The highest BCUT2D eigenvalue weighted by molar-refractivity contribution is 9.11. The van der Waals surface area contributed by atoms with Gasteiger partial charge in [-0.1, -0.05) is 6.42 Å². The molecule has 2 rings (SSSR count). The first-order valence-electron chi connectivity index (χ1n) is 6.39. The second-order valence-electron chi connectivity index (χ2n) is 5.02. The van der Waals surface area contributed by atoms with Gasteiger partial charge in [-0.3, -0.25) is 0 Å². The lowest BCUT2D eigenvalue weighted by Gasteiger charge is -2.37. The summed E-state index contributed by atoms with van der Waals surface area (Å²) in [6.07, 6.45) is 2.94. The first kappa shape index (κ1) is 15.4. The second kappa shape index (κ2) is 5.81. The fourth-order valence-corrected chi connectivity index (χ4v) is 7.06. The van der Waals surface area contributed by atoms with Gasteiger partial charge in [0.1, 0.15) is 4.90 Å². The van der Waals surface area contributed by atoms with E-state index in [2.05, 4.69) is 15.9 Å². The number of thiophene rings is 1. The molecule has 2 heterocycles. The third-order valence-electron chi connectivity index (χ3n) is 3.58. The average Bonchev–Trinajstić information content (AvgIpc) is 2.70. The van der Waals surface area contributed by atoms with Crippen LogP contribution in [0.5, 0.6) is 0 Å². The summed E-state index contributed by atoms with van der Waals surface area (Å²) in [7, 11) is -3.44. The van der Waals surface area contributed by atoms with E-state index in [9.17, 15) is 8.42 Å². The molecule has 7 heteroatoms. The topological polar surface area (TPSA) is 63.4 Å². The molecule has 0 amide bonds. The molecule has 0 radical (unpaired) electrons. The lowest BCUT2D eigenvalue weighted by atomic mass is 10.0. The van der Waals surface area contributed by atoms with Gasteiger partial charge < -0.3 is 5.73 Å². The molecule has 0 unspecified atom stereocenters. The van der Waals surface area contributed by atoms with Crippen LogP contribution in [0.2, 0.25) is 0 Å². The highest BCUT2D eigenvalue weighted by atomic mass is 79.9. The van der Waals surface area contributed by atoms with Gasteiger partial charge in [-0.2, -0.15) is 4.31 Å². The Balaban J connectivity index is 2.43. The smallest absolute Gasteiger partial charge is 0.245 e. The van der Waals surface area contributed by atoms with Crippen LogP contribution in [0.3, 0.4) is 0 Å². The van der Waals surface area contributed by atoms with Gasteiger partial charge in [-0.25, -0.2) is 8.42 Å². The van der Waals surface area contributed by atoms with Crippen LogP contribution in [0, 0.1) is 0 Å². The molecule has 2 N–H and O–H groups in total. The predicted octanol–water partition coefficient (Wildman–Crippen LogP) is 2.92. The van der Waals surface area contributed by atoms with E-state index in [1.165, 1.54) is 11.3 Å². The molecule has 1 aliphatic rings. The summed E-state index contributed by atoms with van der Waals surface area (Å²) in [4.78, 5) is 1.24. The summed E-state index contributed by atoms with van der Waals surface area (Å²) in [6.45, 7) is 4.33. The molecule has 2 atom stereocenters. The van der Waals surface area contributed by atoms with Gasteiger partial charge in [0.25, 0.3) is 0 Å². The van der Waals surface area contributed by atoms with E-state index in [4.69, 9.17) is 5.73 Å². The Morgan fingerprint density at radius 3 is 2.47 bits per heavy atom. The fraction of sp³-hybridized carbons (Fsp3) is 0.667. The summed E-state index contributed by atoms with van der Waals surface area (Å²) >= 11 is 4.75. The van der Waals surface area contributed by atoms with Crippen LogP contribution in [0.1, 0.15) is 38.0 Å². The van der Waals surface area contributed by atoms with E-state index in [1.807, 2.05) is 13.8 Å². The molecule has 1 aromatic rings. The van der Waals surface area contributed by atoms with Gasteiger partial charge in [-0.15, -0.1) is 11.3 Å². The van der Waals surface area contributed by atoms with Crippen LogP contribution in [-0.2, 0) is 16.6 Å². The normalized spacial score (nSPS) is 25.7. The zero-order valence-corrected chi connectivity index (χ0v) is 14.3. The molecule has 0 spiro atoms. The Morgan fingerprint density at radius 2 is 2.00 bits per heavy atom. The minimum Gasteiger partial charge on any atom is -0.326 e. The predicted molar refractivity (Wildman–Crippen MR) is 81.7 cm³/mol. The minimum absolute atomic E-state index is 0.0573. The van der Waals surface area contributed by atoms with Crippen molar-refractivity contribution in [3.8, 4) is 0 Å². The number of hydrogen-bond donors (Lipinski definition) is 1. The van der Waals surface area contributed by atoms with E-state index in [0.29, 0.717) is 15.2 Å². The standard InChI is InChI=1S/C12H19BrN2O2S2/c1-8-4-3-5-9(2)15(8)19(16,17)11-6-10(7-14)18-12(11)13/h6,8-9H,3-5,7,14H2,1-2H3/t8-,9+. The van der Waals surface area contributed by atoms with Crippen molar-refractivity contribution >= 4 is 37.3 Å². The van der Waals surface area contributed by atoms with E-state index >= 15 is 0 Å². The van der Waals surface area contributed by atoms with Crippen molar-refractivity contribution in [2.24, 2.45) is 5.73 Å². The Morgan fingerprint density at radius 1 is 1.42 bits per heavy atom. The molecule has 1 aromatic heterocycles. The number of hydrogen-bond acceptors (Lipinski definition) is 4. The summed E-state index contributed by atoms with van der Waals surface area (Å²) < 4.78 is 27.9. The molecular weight excluding hydrogens is 348 g/mol. The first-order chi connectivity index (χ1) is 8.87. The first-order valence-corrected chi connectivity index (χ1v) is 9.44. The van der Waals surface area contributed by atoms with Crippen molar-refractivity contribution in [2.45, 2.75) is 56.6 Å². The number of nitrogens with two attached hydrogens (primary N) is 1. The molecule has 0 saturated carbocycles. The van der Waals surface area contributed by atoms with Crippen LogP contribution >= 0.6 is 27.3 Å². The molecule has 108 valence electrons. The van der Waals surface area contributed by atoms with E-state index < -0.39 is 10.0 Å². The van der Waals surface area contributed by atoms with Crippen molar-refractivity contribution in [1.82, 2.24) is 4.31 Å². The Hall–Kier alpha value is 0.0500. The van der Waals surface area contributed by atoms with Gasteiger partial charge in [0, 0.05) is 23.5 Å². The number of nitrogens with zero attached hydrogens (tertiary/aromatic N) is 1. The molecule has 0 aliphatic carbocycles. The molecule has 1 saturated heterocycles. The summed E-state index contributed by atoms with van der Waals surface area (Å²) in [5, 5.41) is 0. The van der Waals surface area contributed by atoms with Gasteiger partial charge in [0.2, 0.25) is 10.0 Å². The lowest BCUT2D eigenvalue weighted by molar-refractivity contribution is 0.204. The molecule has 4 nitrogen and oxygen atoms in total. The second-order valence-corrected chi connectivity index (χ2v) is 9.28. The maximum Gasteiger partial charge on any atom is 0.245 e. The van der Waals surface area contributed by atoms with Crippen molar-refractivity contribution in [2.75, 3.05) is 0 Å². The van der Waals surface area contributed by atoms with Gasteiger partial charge in [-0.05, 0) is 48.7 Å². The monoisotopic (exact) mass is 366 g/mol. The molecule has 0 aromatic carbocycles. The van der Waals surface area contributed by atoms with Gasteiger partial charge >= 0.3 is 0 Å². The molecular formula is C12H19BrN2O2S2. The Labute approximate surface area is 127 Å². The largest absolute Gasteiger partial charge is 0.326 e. The number of piperidine rings is 1. The Kier molecular flexibility index (Phi) is 4.72. The number of rotatable bonds is 3. The van der Waals surface area contributed by atoms with Crippen molar-refractivity contribution in [3.63, 3.8) is 0 Å². The van der Waals surface area contributed by atoms with Crippen LogP contribution in [-0.4, -0.2) is 24.8 Å². The van der Waals surface area contributed by atoms with Gasteiger partial charge in [0.15, 0.2) is 0 Å². The molecule has 19 heavy (non-hydrogen) atoms. The van der Waals surface area contributed by atoms with E-state index in [1.54, 1.807) is 10.4 Å². The quantitative estimate of drug-likeness (QED) is 0.894. The van der Waals surface area contributed by atoms with Crippen molar-refractivity contribution in [3.05, 3.63) is 14.7 Å². The average molecular weight is 367 g/mol. The highest BCUT2D eigenvalue weighted by Gasteiger charge is 2.37. The lowest BCUT2D eigenvalue weighted by Crippen LogP contribution is -2.47. The Bertz CT molecular complexity index is 546. The van der Waals surface area contributed by atoms with Crippen molar-refractivity contribution < 1.29 is 8.42 Å². The van der Waals surface area contributed by atoms with Crippen LogP contribution < -0.4 is 5.73 Å². The van der Waals surface area contributed by atoms with Crippen LogP contribution in [0.15, 0.2) is 14.7 Å². The summed E-state index contributed by atoms with van der Waals surface area (Å²) in [6, 6.07) is 1.81. The van der Waals surface area contributed by atoms with Crippen LogP contribution in [0.4, 0.5) is 0 Å². The van der Waals surface area contributed by atoms with E-state index in [0.717, 1.165) is 24.1 Å². The zero-order chi connectivity index (χ0) is 14.2. The SMILES string of the molecule is C[C@@H]1CCC[C@H](C)N1S(=O)(=O)c1cc(CN)sc1Br. The summed E-state index contributed by atoms with van der Waals surface area (Å²) in [5.74, 6) is 0. The summed E-state index contributed by atoms with van der Waals surface area (Å²) in [5.41, 5.74) is 5.59. The van der Waals surface area contributed by atoms with Crippen LogP contribution in [0.25, 0.3) is 0 Å². The number of sulfonamides is 1. The van der Waals surface area contributed by atoms with E-state index in [-0.39, 0.29) is 12.1 Å². The maximum absolute atomic E-state index is 12.8. The van der Waals surface area contributed by atoms with Crippen molar-refractivity contribution in [1.29, 1.82) is 0 Å². The maximum atomic E-state index is 12.8. The third-order valence-corrected chi connectivity index (χ3v) is 7.98. The number of halogens is 1. The zero-order valence-electron chi connectivity index (χ0n) is 11.1. The third kappa shape index (κ3) is 2.90. The highest BCUT2D eigenvalue weighted by Crippen LogP contribution is 2.37. The minimum atomic E-state index is -3.44. The fourth-order valence-electron chi connectivity index (χ4n) is 2.66. The molecule has 1 aliphatic heterocycles. The molecule has 1 fully saturated rings. The molecule has 0 bridgehead atoms.